The summed E-state index contributed by atoms with van der Waals surface area (Å²) in [5, 5.41) is 9.93. The van der Waals surface area contributed by atoms with Gasteiger partial charge in [-0.15, -0.1) is 0 Å². The standard InChI is InChI=1S/C34H51N3/c1-3-5-7-9-10-11-12-14-16-29-26-36-33(37-27-29)32-19-17-30(18-20-32)31-21-24-34(28-35,25-22-31)23-15-13-8-6-4-2/h17-20,26-27,31H,3-16,21-25H2,1-2H3/t31-,34-. The van der Waals surface area contributed by atoms with Crippen LogP contribution in [0.25, 0.3) is 11.4 Å². The lowest BCUT2D eigenvalue weighted by Gasteiger charge is -2.35. The lowest BCUT2D eigenvalue weighted by Crippen LogP contribution is -2.25. The molecule has 1 fully saturated rings. The number of nitriles is 1. The summed E-state index contributed by atoms with van der Waals surface area (Å²) in [6.45, 7) is 4.53. The maximum absolute atomic E-state index is 9.93. The van der Waals surface area contributed by atoms with Crippen LogP contribution in [0.3, 0.4) is 0 Å². The molecule has 1 aromatic heterocycles. The van der Waals surface area contributed by atoms with E-state index in [1.54, 1.807) is 0 Å². The molecule has 0 spiro atoms. The minimum absolute atomic E-state index is 0.0765. The van der Waals surface area contributed by atoms with E-state index < -0.39 is 0 Å². The summed E-state index contributed by atoms with van der Waals surface area (Å²) in [7, 11) is 0. The first-order valence-corrected chi connectivity index (χ1v) is 15.5. The molecule has 202 valence electrons. The van der Waals surface area contributed by atoms with Crippen LogP contribution in [-0.2, 0) is 6.42 Å². The van der Waals surface area contributed by atoms with Crippen LogP contribution in [-0.4, -0.2) is 9.97 Å². The average molecular weight is 502 g/mol. The van der Waals surface area contributed by atoms with Gasteiger partial charge >= 0.3 is 0 Å². The summed E-state index contributed by atoms with van der Waals surface area (Å²) < 4.78 is 0. The molecule has 0 N–H and O–H groups in total. The average Bonchev–Trinajstić information content (AvgIpc) is 2.95. The van der Waals surface area contributed by atoms with Crippen LogP contribution in [0, 0.1) is 16.7 Å². The predicted octanol–water partition coefficient (Wildman–Crippen LogP) is 10.4. The summed E-state index contributed by atoms with van der Waals surface area (Å²) in [4.78, 5) is 9.34. The van der Waals surface area contributed by atoms with Gasteiger partial charge < -0.3 is 0 Å². The lowest BCUT2D eigenvalue weighted by molar-refractivity contribution is 0.223. The largest absolute Gasteiger partial charge is 0.236 e. The van der Waals surface area contributed by atoms with E-state index in [2.05, 4.69) is 54.2 Å². The number of nitrogens with zero attached hydrogens (tertiary/aromatic N) is 3. The van der Waals surface area contributed by atoms with Gasteiger partial charge in [-0.3, -0.25) is 0 Å². The molecule has 0 radical (unpaired) electrons. The summed E-state index contributed by atoms with van der Waals surface area (Å²) in [6.07, 6.45) is 27.8. The van der Waals surface area contributed by atoms with Gasteiger partial charge in [-0.2, -0.15) is 5.26 Å². The highest BCUT2D eigenvalue weighted by Crippen LogP contribution is 2.45. The predicted molar refractivity (Wildman–Crippen MR) is 156 cm³/mol. The maximum atomic E-state index is 9.93. The van der Waals surface area contributed by atoms with Gasteiger partial charge in [-0.1, -0.05) is 115 Å². The molecule has 0 amide bonds. The van der Waals surface area contributed by atoms with E-state index in [4.69, 9.17) is 0 Å². The number of benzene rings is 1. The van der Waals surface area contributed by atoms with Gasteiger partial charge in [0.1, 0.15) is 0 Å². The van der Waals surface area contributed by atoms with Crippen molar-refractivity contribution in [3.05, 3.63) is 47.8 Å². The third kappa shape index (κ3) is 9.88. The molecule has 0 aliphatic heterocycles. The van der Waals surface area contributed by atoms with Crippen molar-refractivity contribution >= 4 is 0 Å². The summed E-state index contributed by atoms with van der Waals surface area (Å²) in [5.74, 6) is 1.40. The van der Waals surface area contributed by atoms with Crippen LogP contribution in [0.4, 0.5) is 0 Å². The van der Waals surface area contributed by atoms with Crippen LogP contribution in [0.15, 0.2) is 36.7 Å². The fourth-order valence-corrected chi connectivity index (χ4v) is 5.99. The van der Waals surface area contributed by atoms with Gasteiger partial charge in [0.15, 0.2) is 5.82 Å². The van der Waals surface area contributed by atoms with Crippen LogP contribution < -0.4 is 0 Å². The van der Waals surface area contributed by atoms with Crippen LogP contribution >= 0.6 is 0 Å². The monoisotopic (exact) mass is 501 g/mol. The van der Waals surface area contributed by atoms with E-state index in [1.807, 2.05) is 12.4 Å². The molecule has 1 aliphatic rings. The normalized spacial score (nSPS) is 19.5. The number of hydrogen-bond donors (Lipinski definition) is 0. The Balaban J connectivity index is 1.41. The number of hydrogen-bond acceptors (Lipinski definition) is 3. The zero-order valence-electron chi connectivity index (χ0n) is 23.8. The number of unbranched alkanes of at least 4 members (excludes halogenated alkanes) is 11. The first-order valence-electron chi connectivity index (χ1n) is 15.5. The number of rotatable bonds is 17. The molecule has 1 heterocycles. The topological polar surface area (TPSA) is 49.6 Å². The highest BCUT2D eigenvalue weighted by molar-refractivity contribution is 5.55. The third-order valence-electron chi connectivity index (χ3n) is 8.60. The quantitative estimate of drug-likeness (QED) is 0.202. The van der Waals surface area contributed by atoms with Crippen molar-refractivity contribution in [2.75, 3.05) is 0 Å². The van der Waals surface area contributed by atoms with Crippen molar-refractivity contribution in [1.29, 1.82) is 5.26 Å². The second kappa shape index (κ2) is 16.6. The van der Waals surface area contributed by atoms with Gasteiger partial charge in [0, 0.05) is 18.0 Å². The first-order chi connectivity index (χ1) is 18.2. The van der Waals surface area contributed by atoms with Crippen molar-refractivity contribution in [3.63, 3.8) is 0 Å². The van der Waals surface area contributed by atoms with E-state index in [-0.39, 0.29) is 5.41 Å². The number of aromatic nitrogens is 2. The molecule has 37 heavy (non-hydrogen) atoms. The van der Waals surface area contributed by atoms with Crippen LogP contribution in [0.5, 0.6) is 0 Å². The minimum atomic E-state index is -0.0765. The molecule has 3 nitrogen and oxygen atoms in total. The fraction of sp³-hybridized carbons (Fsp3) is 0.676. The van der Waals surface area contributed by atoms with Gasteiger partial charge in [0.05, 0.1) is 11.5 Å². The SMILES string of the molecule is CCCCCCCCCCc1cnc(-c2ccc([C@H]3CC[C@@](C#N)(CCCCCCC)CC3)cc2)nc1. The highest BCUT2D eigenvalue weighted by Gasteiger charge is 2.35. The first kappa shape index (κ1) is 29.3. The van der Waals surface area contributed by atoms with Crippen molar-refractivity contribution < 1.29 is 0 Å². The van der Waals surface area contributed by atoms with E-state index in [0.717, 1.165) is 49.9 Å². The van der Waals surface area contributed by atoms with Crippen LogP contribution in [0.1, 0.15) is 146 Å². The molecule has 3 heteroatoms. The third-order valence-corrected chi connectivity index (χ3v) is 8.60. The molecular weight excluding hydrogens is 450 g/mol. The highest BCUT2D eigenvalue weighted by atomic mass is 14.9. The van der Waals surface area contributed by atoms with E-state index in [9.17, 15) is 5.26 Å². The summed E-state index contributed by atoms with van der Waals surface area (Å²) in [6, 6.07) is 11.6. The maximum Gasteiger partial charge on any atom is 0.159 e. The second-order valence-corrected chi connectivity index (χ2v) is 11.6. The van der Waals surface area contributed by atoms with Gasteiger partial charge in [-0.25, -0.2) is 9.97 Å². The van der Waals surface area contributed by atoms with Gasteiger partial charge in [0.25, 0.3) is 0 Å². The smallest absolute Gasteiger partial charge is 0.159 e. The van der Waals surface area contributed by atoms with E-state index in [0.29, 0.717) is 5.92 Å². The molecule has 0 bridgehead atoms. The molecule has 0 atom stereocenters. The Morgan fingerprint density at radius 3 is 1.86 bits per heavy atom. The Morgan fingerprint density at radius 1 is 0.757 bits per heavy atom. The Hall–Kier alpha value is -2.21. The molecule has 0 saturated heterocycles. The second-order valence-electron chi connectivity index (χ2n) is 11.6. The summed E-state index contributed by atoms with van der Waals surface area (Å²) >= 11 is 0. The van der Waals surface area contributed by atoms with Gasteiger partial charge in [0.2, 0.25) is 0 Å². The Kier molecular flexibility index (Phi) is 13.2. The van der Waals surface area contributed by atoms with E-state index in [1.165, 1.54) is 94.6 Å². The fourth-order valence-electron chi connectivity index (χ4n) is 5.99. The van der Waals surface area contributed by atoms with Gasteiger partial charge in [-0.05, 0) is 62.0 Å². The van der Waals surface area contributed by atoms with Crippen molar-refractivity contribution in [1.82, 2.24) is 9.97 Å². The molecule has 1 aromatic carbocycles. The van der Waals surface area contributed by atoms with Crippen molar-refractivity contribution in [2.24, 2.45) is 5.41 Å². The molecule has 1 aliphatic carbocycles. The zero-order chi connectivity index (χ0) is 26.2. The Bertz CT molecular complexity index is 902. The van der Waals surface area contributed by atoms with E-state index >= 15 is 0 Å². The number of aryl methyl sites for hydroxylation is 1. The van der Waals surface area contributed by atoms with Crippen molar-refractivity contribution in [3.8, 4) is 17.5 Å². The molecular formula is C34H51N3. The lowest BCUT2D eigenvalue weighted by atomic mass is 9.67. The molecule has 1 saturated carbocycles. The molecule has 2 aromatic rings. The summed E-state index contributed by atoms with van der Waals surface area (Å²) in [5.41, 5.74) is 3.67. The minimum Gasteiger partial charge on any atom is -0.236 e. The van der Waals surface area contributed by atoms with Crippen LogP contribution in [0.2, 0.25) is 0 Å². The Morgan fingerprint density at radius 2 is 1.30 bits per heavy atom. The Labute approximate surface area is 227 Å². The molecule has 3 rings (SSSR count). The molecule has 0 unspecified atom stereocenters. The zero-order valence-corrected chi connectivity index (χ0v) is 23.8. The van der Waals surface area contributed by atoms with Crippen molar-refractivity contribution in [2.45, 2.75) is 142 Å².